The van der Waals surface area contributed by atoms with E-state index in [-0.39, 0.29) is 17.5 Å². The fourth-order valence-corrected chi connectivity index (χ4v) is 1.65. The Morgan fingerprint density at radius 1 is 1.20 bits per heavy atom. The minimum Gasteiger partial charge on any atom is -0.364 e. The molecule has 0 unspecified atom stereocenters. The molecule has 2 heterocycles. The first-order valence-electron chi connectivity index (χ1n) is 5.61. The van der Waals surface area contributed by atoms with Crippen molar-refractivity contribution in [1.29, 1.82) is 0 Å². The lowest BCUT2D eigenvalue weighted by molar-refractivity contribution is -0.137. The quantitative estimate of drug-likeness (QED) is 0.882. The van der Waals surface area contributed by atoms with E-state index >= 15 is 0 Å². The van der Waals surface area contributed by atoms with E-state index in [1.165, 1.54) is 6.20 Å². The number of rotatable bonds is 3. The van der Waals surface area contributed by atoms with Crippen LogP contribution in [0.1, 0.15) is 17.0 Å². The summed E-state index contributed by atoms with van der Waals surface area (Å²) in [5.74, 6) is 0.0344. The topological polar surface area (TPSA) is 50.7 Å². The first kappa shape index (κ1) is 14.5. The number of nitrogens with one attached hydrogen (secondary N) is 1. The number of anilines is 1. The summed E-state index contributed by atoms with van der Waals surface area (Å²) >= 11 is 5.58. The van der Waals surface area contributed by atoms with Crippen molar-refractivity contribution in [3.8, 4) is 0 Å². The smallest absolute Gasteiger partial charge is 0.364 e. The van der Waals surface area contributed by atoms with Gasteiger partial charge in [-0.2, -0.15) is 13.2 Å². The van der Waals surface area contributed by atoms with E-state index in [1.54, 1.807) is 13.1 Å². The maximum absolute atomic E-state index is 12.6. The summed E-state index contributed by atoms with van der Waals surface area (Å²) in [7, 11) is 0. The zero-order valence-electron chi connectivity index (χ0n) is 10.4. The molecule has 0 radical (unpaired) electrons. The van der Waals surface area contributed by atoms with Crippen LogP contribution < -0.4 is 5.32 Å². The zero-order chi connectivity index (χ0) is 14.8. The van der Waals surface area contributed by atoms with Crippen molar-refractivity contribution in [3.63, 3.8) is 0 Å². The van der Waals surface area contributed by atoms with Crippen molar-refractivity contribution < 1.29 is 13.2 Å². The van der Waals surface area contributed by atoms with Gasteiger partial charge in [0.05, 0.1) is 29.7 Å². The van der Waals surface area contributed by atoms with Gasteiger partial charge < -0.3 is 5.32 Å². The largest absolute Gasteiger partial charge is 0.416 e. The average Bonchev–Trinajstić information content (AvgIpc) is 2.36. The van der Waals surface area contributed by atoms with Crippen LogP contribution in [-0.4, -0.2) is 15.0 Å². The van der Waals surface area contributed by atoms with Crippen molar-refractivity contribution in [3.05, 3.63) is 46.6 Å². The molecule has 0 aromatic carbocycles. The van der Waals surface area contributed by atoms with Crippen LogP contribution in [0.25, 0.3) is 0 Å². The number of hydrogen-bond acceptors (Lipinski definition) is 4. The van der Waals surface area contributed by atoms with Crippen LogP contribution in [0.3, 0.4) is 0 Å². The van der Waals surface area contributed by atoms with Crippen LogP contribution in [0.4, 0.5) is 19.0 Å². The highest BCUT2D eigenvalue weighted by Gasteiger charge is 2.31. The molecule has 0 amide bonds. The number of alkyl halides is 3. The third-order valence-corrected chi connectivity index (χ3v) is 2.60. The first-order valence-corrected chi connectivity index (χ1v) is 5.98. The minimum atomic E-state index is -4.47. The van der Waals surface area contributed by atoms with Gasteiger partial charge >= 0.3 is 6.18 Å². The molecule has 4 nitrogen and oxygen atoms in total. The zero-order valence-corrected chi connectivity index (χ0v) is 11.1. The molecule has 0 fully saturated rings. The Morgan fingerprint density at radius 3 is 2.55 bits per heavy atom. The van der Waals surface area contributed by atoms with E-state index in [9.17, 15) is 13.2 Å². The highest BCUT2D eigenvalue weighted by atomic mass is 35.5. The van der Waals surface area contributed by atoms with Gasteiger partial charge in [-0.25, -0.2) is 4.98 Å². The molecule has 0 aliphatic rings. The molecule has 0 atom stereocenters. The molecule has 2 aromatic heterocycles. The van der Waals surface area contributed by atoms with Gasteiger partial charge in [-0.05, 0) is 19.1 Å². The molecule has 1 N–H and O–H groups in total. The maximum atomic E-state index is 12.6. The van der Waals surface area contributed by atoms with Gasteiger partial charge in [0.2, 0.25) is 0 Å². The standard InChI is InChI=1S/C12H10ClF3N4/c1-7-4-18-9(5-17-7)6-19-11-3-8(12(14,15)16)2-10(13)20-11/h2-5H,6H2,1H3,(H,19,20). The van der Waals surface area contributed by atoms with Crippen molar-refractivity contribution in [2.75, 3.05) is 5.32 Å². The second kappa shape index (κ2) is 5.62. The summed E-state index contributed by atoms with van der Waals surface area (Å²) in [4.78, 5) is 11.9. The SMILES string of the molecule is Cc1cnc(CNc2cc(C(F)(F)F)cc(Cl)n2)cn1. The molecule has 8 heteroatoms. The van der Waals surface area contributed by atoms with E-state index < -0.39 is 11.7 Å². The Kier molecular flexibility index (Phi) is 4.08. The Labute approximate surface area is 118 Å². The van der Waals surface area contributed by atoms with Crippen LogP contribution in [0.2, 0.25) is 5.15 Å². The Balaban J connectivity index is 2.13. The summed E-state index contributed by atoms with van der Waals surface area (Å²) in [6.45, 7) is 2.00. The molecule has 0 saturated heterocycles. The Bertz CT molecular complexity index is 599. The van der Waals surface area contributed by atoms with Gasteiger partial charge in [0.15, 0.2) is 0 Å². The van der Waals surface area contributed by atoms with E-state index in [2.05, 4.69) is 20.3 Å². The van der Waals surface area contributed by atoms with E-state index in [4.69, 9.17) is 11.6 Å². The van der Waals surface area contributed by atoms with Gasteiger partial charge in [-0.15, -0.1) is 0 Å². The molecule has 0 saturated carbocycles. The van der Waals surface area contributed by atoms with Crippen LogP contribution >= 0.6 is 11.6 Å². The molecule has 0 aliphatic carbocycles. The molecule has 0 bridgehead atoms. The highest BCUT2D eigenvalue weighted by Crippen LogP contribution is 2.31. The van der Waals surface area contributed by atoms with E-state index in [0.717, 1.165) is 17.8 Å². The van der Waals surface area contributed by atoms with Gasteiger partial charge in [0, 0.05) is 6.20 Å². The van der Waals surface area contributed by atoms with Crippen molar-refractivity contribution in [2.24, 2.45) is 0 Å². The summed E-state index contributed by atoms with van der Waals surface area (Å²) in [6.07, 6.45) is -1.35. The number of halogens is 4. The summed E-state index contributed by atoms with van der Waals surface area (Å²) in [5, 5.41) is 2.51. The lowest BCUT2D eigenvalue weighted by atomic mass is 10.2. The third-order valence-electron chi connectivity index (χ3n) is 2.41. The fraction of sp³-hybridized carbons (Fsp3) is 0.250. The predicted octanol–water partition coefficient (Wildman–Crippen LogP) is 3.46. The molecule has 20 heavy (non-hydrogen) atoms. The van der Waals surface area contributed by atoms with Gasteiger partial charge in [0.1, 0.15) is 11.0 Å². The Hall–Kier alpha value is -1.89. The number of nitrogens with zero attached hydrogens (tertiary/aromatic N) is 3. The first-order chi connectivity index (χ1) is 9.34. The van der Waals surface area contributed by atoms with Crippen LogP contribution in [0, 0.1) is 6.92 Å². The van der Waals surface area contributed by atoms with Gasteiger partial charge in [-0.1, -0.05) is 11.6 Å². The molecule has 2 aromatic rings. The second-order valence-electron chi connectivity index (χ2n) is 4.06. The summed E-state index contributed by atoms with van der Waals surface area (Å²) in [6, 6.07) is 1.67. The predicted molar refractivity (Wildman–Crippen MR) is 68.3 cm³/mol. The molecule has 0 aliphatic heterocycles. The minimum absolute atomic E-state index is 0.0344. The number of aromatic nitrogens is 3. The lowest BCUT2D eigenvalue weighted by Gasteiger charge is -2.10. The number of hydrogen-bond donors (Lipinski definition) is 1. The molecule has 106 valence electrons. The average molecular weight is 303 g/mol. The summed E-state index contributed by atoms with van der Waals surface area (Å²) < 4.78 is 37.9. The van der Waals surface area contributed by atoms with Crippen LogP contribution in [-0.2, 0) is 12.7 Å². The van der Waals surface area contributed by atoms with Crippen molar-refractivity contribution in [2.45, 2.75) is 19.6 Å². The number of pyridine rings is 1. The molecular weight excluding hydrogens is 293 g/mol. The van der Waals surface area contributed by atoms with Gasteiger partial charge in [-0.3, -0.25) is 9.97 Å². The normalized spacial score (nSPS) is 11.4. The fourth-order valence-electron chi connectivity index (χ4n) is 1.44. The van der Waals surface area contributed by atoms with E-state index in [0.29, 0.717) is 5.69 Å². The highest BCUT2D eigenvalue weighted by molar-refractivity contribution is 6.29. The van der Waals surface area contributed by atoms with Crippen molar-refractivity contribution in [1.82, 2.24) is 15.0 Å². The lowest BCUT2D eigenvalue weighted by Crippen LogP contribution is -2.09. The molecule has 2 rings (SSSR count). The second-order valence-corrected chi connectivity index (χ2v) is 4.45. The molecule has 0 spiro atoms. The van der Waals surface area contributed by atoms with Crippen LogP contribution in [0.5, 0.6) is 0 Å². The molecular formula is C12H10ClF3N4. The summed E-state index contributed by atoms with van der Waals surface area (Å²) in [5.41, 5.74) is 0.495. The third kappa shape index (κ3) is 3.80. The maximum Gasteiger partial charge on any atom is 0.416 e. The van der Waals surface area contributed by atoms with Gasteiger partial charge in [0.25, 0.3) is 0 Å². The number of aryl methyl sites for hydroxylation is 1. The van der Waals surface area contributed by atoms with Crippen molar-refractivity contribution >= 4 is 17.4 Å². The van der Waals surface area contributed by atoms with E-state index in [1.807, 2.05) is 0 Å². The Morgan fingerprint density at radius 2 is 1.95 bits per heavy atom. The monoisotopic (exact) mass is 302 g/mol. The van der Waals surface area contributed by atoms with Crippen LogP contribution in [0.15, 0.2) is 24.5 Å².